The number of nitrogens with zero attached hydrogens (tertiary/aromatic N) is 2. The van der Waals surface area contributed by atoms with Crippen LogP contribution in [0.5, 0.6) is 0 Å². The predicted octanol–water partition coefficient (Wildman–Crippen LogP) is -0.737. The molecule has 0 rings (SSSR count). The zero-order valence-corrected chi connectivity index (χ0v) is 16.6. The Bertz CT molecular complexity index is 238. The summed E-state index contributed by atoms with van der Waals surface area (Å²) in [6.45, 7) is 22.3. The van der Waals surface area contributed by atoms with Gasteiger partial charge in [0.05, 0.1) is 52.5 Å². The predicted molar refractivity (Wildman–Crippen MR) is 93.1 cm³/mol. The summed E-state index contributed by atoms with van der Waals surface area (Å²) >= 11 is 0. The molecule has 0 aliphatic heterocycles. The van der Waals surface area contributed by atoms with Gasteiger partial charge in [-0.3, -0.25) is 0 Å². The molecule has 0 aromatic rings. The highest BCUT2D eigenvalue weighted by Gasteiger charge is 2.19. The fourth-order valence-corrected chi connectivity index (χ4v) is 2.71. The summed E-state index contributed by atoms with van der Waals surface area (Å²) in [5.74, 6) is 0. The first-order chi connectivity index (χ1) is 11.2. The lowest BCUT2D eigenvalue weighted by molar-refractivity contribution is -0.923. The minimum absolute atomic E-state index is 0.315. The van der Waals surface area contributed by atoms with Gasteiger partial charge in [0.15, 0.2) is 0 Å². The molecule has 0 aliphatic carbocycles. The van der Waals surface area contributed by atoms with E-state index in [1.807, 2.05) is 0 Å². The molecule has 0 spiro atoms. The Morgan fingerprint density at radius 1 is 0.667 bits per heavy atom. The summed E-state index contributed by atoms with van der Waals surface area (Å²) < 4.78 is 2.10. The normalized spacial score (nSPS) is 11.0. The molecule has 0 radical (unpaired) electrons. The van der Waals surface area contributed by atoms with Gasteiger partial charge in [0, 0.05) is 0 Å². The Labute approximate surface area is 148 Å². The van der Waals surface area contributed by atoms with Crippen LogP contribution in [0.1, 0.15) is 41.5 Å². The van der Waals surface area contributed by atoms with E-state index in [0.29, 0.717) is 13.2 Å². The lowest BCUT2D eigenvalue weighted by Crippen LogP contribution is -2.49. The molecule has 0 aromatic carbocycles. The Morgan fingerprint density at radius 3 is 0.875 bits per heavy atom. The van der Waals surface area contributed by atoms with E-state index in [0.717, 1.165) is 61.3 Å². The van der Waals surface area contributed by atoms with Gasteiger partial charge in [-0.2, -0.15) is 0 Å². The number of likely N-dealkylation sites (N-methyl/N-ethyl adjacent to an activating group) is 2. The molecular weight excluding hydrogens is 312 g/mol. The van der Waals surface area contributed by atoms with Crippen LogP contribution in [-0.4, -0.2) is 90.9 Å². The van der Waals surface area contributed by atoms with E-state index in [-0.39, 0.29) is 0 Å². The zero-order chi connectivity index (χ0) is 19.6. The summed E-state index contributed by atoms with van der Waals surface area (Å²) in [5.41, 5.74) is 0. The van der Waals surface area contributed by atoms with Crippen molar-refractivity contribution in [3.8, 4) is 0 Å². The van der Waals surface area contributed by atoms with Gasteiger partial charge in [-0.05, 0) is 47.7 Å². The van der Waals surface area contributed by atoms with E-state index in [2.05, 4.69) is 41.5 Å². The standard InChI is InChI=1S/2C8H20NO.CH2O3/c2*1-4-9(5-2,6-3)7-8-10;2-1(3)4/h2*10H,4-8H2,1-3H3;(H2,2,3,4)/q2*+1;/p-2. The number of carboxylic acid groups (broad SMARTS) is 2. The zero-order valence-electron chi connectivity index (χ0n) is 16.6. The van der Waals surface area contributed by atoms with E-state index >= 15 is 0 Å². The highest BCUT2D eigenvalue weighted by molar-refractivity contribution is 5.47. The summed E-state index contributed by atoms with van der Waals surface area (Å²) in [6.07, 6.45) is -2.33. The number of carbonyl (C=O) groups excluding carboxylic acids is 1. The monoisotopic (exact) mass is 352 g/mol. The summed E-state index contributed by atoms with van der Waals surface area (Å²) in [7, 11) is 0. The van der Waals surface area contributed by atoms with Crippen LogP contribution in [0.25, 0.3) is 0 Å². The van der Waals surface area contributed by atoms with Crippen LogP contribution in [0, 0.1) is 0 Å². The minimum Gasteiger partial charge on any atom is -0.652 e. The Hall–Kier alpha value is -0.890. The van der Waals surface area contributed by atoms with Crippen molar-refractivity contribution in [1.29, 1.82) is 0 Å². The van der Waals surface area contributed by atoms with Crippen molar-refractivity contribution in [2.75, 3.05) is 65.6 Å². The number of hydrogen-bond acceptors (Lipinski definition) is 5. The van der Waals surface area contributed by atoms with Crippen LogP contribution in [0.4, 0.5) is 4.79 Å². The first-order valence-corrected chi connectivity index (χ1v) is 9.02. The molecule has 0 bridgehead atoms. The molecule has 0 fully saturated rings. The fourth-order valence-electron chi connectivity index (χ4n) is 2.71. The topological polar surface area (TPSA) is 104 Å². The van der Waals surface area contributed by atoms with Crippen molar-refractivity contribution in [2.45, 2.75) is 41.5 Å². The molecule has 0 saturated carbocycles. The molecule has 0 unspecified atom stereocenters. The molecule has 7 heteroatoms. The number of quaternary nitrogens is 2. The molecule has 24 heavy (non-hydrogen) atoms. The van der Waals surface area contributed by atoms with E-state index in [9.17, 15) is 0 Å². The van der Waals surface area contributed by atoms with Gasteiger partial charge >= 0.3 is 0 Å². The van der Waals surface area contributed by atoms with Crippen LogP contribution in [0.15, 0.2) is 0 Å². The van der Waals surface area contributed by atoms with Gasteiger partial charge in [-0.1, -0.05) is 0 Å². The molecule has 148 valence electrons. The molecule has 0 atom stereocenters. The molecule has 0 aromatic heterocycles. The highest BCUT2D eigenvalue weighted by atomic mass is 16.6. The second-order valence-corrected chi connectivity index (χ2v) is 5.73. The average Bonchev–Trinajstić information content (AvgIpc) is 2.58. The molecule has 2 N–H and O–H groups in total. The number of hydrogen-bond donors (Lipinski definition) is 2. The smallest absolute Gasteiger partial charge is 0.102 e. The lowest BCUT2D eigenvalue weighted by Gasteiger charge is -2.34. The maximum Gasteiger partial charge on any atom is 0.102 e. The molecule has 7 nitrogen and oxygen atoms in total. The number of rotatable bonds is 10. The maximum absolute atomic E-state index is 8.78. The van der Waals surface area contributed by atoms with Gasteiger partial charge < -0.3 is 34.2 Å². The van der Waals surface area contributed by atoms with Gasteiger partial charge in [0.2, 0.25) is 0 Å². The quantitative estimate of drug-likeness (QED) is 0.504. The second-order valence-electron chi connectivity index (χ2n) is 5.73. The van der Waals surface area contributed by atoms with Crippen molar-refractivity contribution < 1.29 is 34.2 Å². The van der Waals surface area contributed by atoms with Crippen LogP contribution in [0.2, 0.25) is 0 Å². The molecule has 0 heterocycles. The van der Waals surface area contributed by atoms with Crippen molar-refractivity contribution in [3.05, 3.63) is 0 Å². The van der Waals surface area contributed by atoms with Gasteiger partial charge in [0.1, 0.15) is 13.1 Å². The second kappa shape index (κ2) is 17.0. The third kappa shape index (κ3) is 13.5. The summed E-state index contributed by atoms with van der Waals surface area (Å²) in [5, 5.41) is 34.2. The Morgan fingerprint density at radius 2 is 0.833 bits per heavy atom. The fraction of sp³-hybridized carbons (Fsp3) is 0.941. The molecule has 0 amide bonds. The largest absolute Gasteiger partial charge is 0.652 e. The van der Waals surface area contributed by atoms with Crippen molar-refractivity contribution in [3.63, 3.8) is 0 Å². The number of aliphatic hydroxyl groups is 2. The Balaban J connectivity index is -0.000000301. The lowest BCUT2D eigenvalue weighted by atomic mass is 10.3. The van der Waals surface area contributed by atoms with Gasteiger partial charge in [0.25, 0.3) is 0 Å². The van der Waals surface area contributed by atoms with Crippen LogP contribution < -0.4 is 10.2 Å². The summed E-state index contributed by atoms with van der Waals surface area (Å²) in [4.78, 5) is 8.33. The minimum atomic E-state index is -2.33. The van der Waals surface area contributed by atoms with Crippen LogP contribution >= 0.6 is 0 Å². The molecule has 0 saturated heterocycles. The molecule has 0 aliphatic rings. The summed E-state index contributed by atoms with van der Waals surface area (Å²) in [6, 6.07) is 0. The first kappa shape index (κ1) is 27.9. The molecular formula is C17H40N2O5. The third-order valence-electron chi connectivity index (χ3n) is 5.17. The van der Waals surface area contributed by atoms with E-state index in [1.54, 1.807) is 0 Å². The van der Waals surface area contributed by atoms with E-state index < -0.39 is 6.16 Å². The first-order valence-electron chi connectivity index (χ1n) is 9.02. The number of carbonyl (C=O) groups is 1. The SMILES string of the molecule is CC[N+](CC)(CC)CCO.CC[N+](CC)(CC)CCO.O=C([O-])[O-]. The highest BCUT2D eigenvalue weighted by Crippen LogP contribution is 2.04. The van der Waals surface area contributed by atoms with Crippen molar-refractivity contribution in [1.82, 2.24) is 0 Å². The van der Waals surface area contributed by atoms with Crippen LogP contribution in [-0.2, 0) is 0 Å². The maximum atomic E-state index is 8.78. The third-order valence-corrected chi connectivity index (χ3v) is 5.17. The number of aliphatic hydroxyl groups excluding tert-OH is 2. The van der Waals surface area contributed by atoms with Crippen molar-refractivity contribution in [2.24, 2.45) is 0 Å². The van der Waals surface area contributed by atoms with Gasteiger partial charge in [-0.15, -0.1) is 0 Å². The average molecular weight is 353 g/mol. The van der Waals surface area contributed by atoms with Crippen molar-refractivity contribution >= 4 is 6.16 Å². The van der Waals surface area contributed by atoms with E-state index in [1.165, 1.54) is 0 Å². The van der Waals surface area contributed by atoms with E-state index in [4.69, 9.17) is 25.2 Å². The van der Waals surface area contributed by atoms with Gasteiger partial charge in [-0.25, -0.2) is 0 Å². The Kier molecular flexibility index (Phi) is 19.7. The van der Waals surface area contributed by atoms with Crippen LogP contribution in [0.3, 0.4) is 0 Å².